The van der Waals surface area contributed by atoms with E-state index in [9.17, 15) is 9.90 Å². The van der Waals surface area contributed by atoms with Gasteiger partial charge in [0, 0.05) is 56.5 Å². The number of aliphatic hydroxyl groups excluding tert-OH is 1. The number of likely N-dealkylation sites (tertiary alicyclic amines) is 2. The van der Waals surface area contributed by atoms with Crippen LogP contribution < -0.4 is 0 Å². The molecule has 138 valence electrons. The number of hydrogen-bond acceptors (Lipinski definition) is 4. The summed E-state index contributed by atoms with van der Waals surface area (Å²) in [7, 11) is 0. The highest BCUT2D eigenvalue weighted by atomic mass is 16.3. The molecule has 0 unspecified atom stereocenters. The van der Waals surface area contributed by atoms with Crippen LogP contribution >= 0.6 is 0 Å². The minimum atomic E-state index is 0.218. The molecular formula is C19H30N4O2. The van der Waals surface area contributed by atoms with Gasteiger partial charge in [0.25, 0.3) is 0 Å². The molecule has 3 heterocycles. The summed E-state index contributed by atoms with van der Waals surface area (Å²) < 4.78 is 0. The highest BCUT2D eigenvalue weighted by molar-refractivity contribution is 5.81. The standard InChI is InChI=1S/C19H30N4O2/c1-14-20-10-17(21-14)12-22-7-4-19(16(11-22)13-24)5-8-23(9-6-19)18(25)15-2-3-15/h10,15-16,24H,2-9,11-13H2,1H3,(H,20,21)/t16-/m0/s1. The number of nitrogens with one attached hydrogen (secondary N) is 1. The SMILES string of the molecule is Cc1ncc(CN2CCC3(CCN(C(=O)C4CC4)CC3)[C@H](CO)C2)[nH]1. The molecule has 3 aliphatic rings. The fourth-order valence-corrected chi connectivity index (χ4v) is 4.79. The van der Waals surface area contributed by atoms with Gasteiger partial charge in [-0.2, -0.15) is 0 Å². The maximum absolute atomic E-state index is 12.3. The minimum Gasteiger partial charge on any atom is -0.396 e. The molecule has 0 radical (unpaired) electrons. The Labute approximate surface area is 149 Å². The summed E-state index contributed by atoms with van der Waals surface area (Å²) in [5.74, 6) is 1.96. The van der Waals surface area contributed by atoms with Gasteiger partial charge in [-0.05, 0) is 51.0 Å². The summed E-state index contributed by atoms with van der Waals surface area (Å²) in [6, 6.07) is 0. The van der Waals surface area contributed by atoms with Crippen LogP contribution in [0.1, 0.15) is 43.6 Å². The number of carbonyl (C=O) groups is 1. The summed E-state index contributed by atoms with van der Waals surface area (Å²) in [4.78, 5) is 24.4. The smallest absolute Gasteiger partial charge is 0.225 e. The largest absolute Gasteiger partial charge is 0.396 e. The quantitative estimate of drug-likeness (QED) is 0.868. The van der Waals surface area contributed by atoms with E-state index in [1.807, 2.05) is 13.1 Å². The number of rotatable bonds is 4. The normalized spacial score (nSPS) is 27.0. The molecule has 1 aliphatic carbocycles. The summed E-state index contributed by atoms with van der Waals surface area (Å²) in [5, 5.41) is 10.0. The van der Waals surface area contributed by atoms with Gasteiger partial charge in [-0.15, -0.1) is 0 Å². The predicted molar refractivity (Wildman–Crippen MR) is 94.8 cm³/mol. The number of aromatic nitrogens is 2. The lowest BCUT2D eigenvalue weighted by atomic mass is 9.64. The van der Waals surface area contributed by atoms with Gasteiger partial charge in [0.2, 0.25) is 5.91 Å². The van der Waals surface area contributed by atoms with E-state index in [0.29, 0.717) is 17.7 Å². The number of H-pyrrole nitrogens is 1. The Morgan fingerprint density at radius 1 is 1.32 bits per heavy atom. The number of aliphatic hydroxyl groups is 1. The molecule has 1 spiro atoms. The van der Waals surface area contributed by atoms with Gasteiger partial charge in [0.15, 0.2) is 0 Å². The van der Waals surface area contributed by atoms with Gasteiger partial charge in [0.05, 0.1) is 0 Å². The molecule has 0 bridgehead atoms. The number of imidazole rings is 1. The molecule has 1 saturated carbocycles. The fourth-order valence-electron chi connectivity index (χ4n) is 4.79. The van der Waals surface area contributed by atoms with E-state index in [4.69, 9.17) is 0 Å². The van der Waals surface area contributed by atoms with E-state index in [-0.39, 0.29) is 12.0 Å². The first-order valence-corrected chi connectivity index (χ1v) is 9.72. The second kappa shape index (κ2) is 6.72. The number of hydrogen-bond donors (Lipinski definition) is 2. The van der Waals surface area contributed by atoms with Crippen LogP contribution in [0, 0.1) is 24.2 Å². The van der Waals surface area contributed by atoms with Crippen molar-refractivity contribution in [1.29, 1.82) is 0 Å². The molecule has 2 N–H and O–H groups in total. The summed E-state index contributed by atoms with van der Waals surface area (Å²) in [6.45, 7) is 6.85. The van der Waals surface area contributed by atoms with E-state index in [2.05, 4.69) is 19.8 Å². The average molecular weight is 346 g/mol. The number of amides is 1. The van der Waals surface area contributed by atoms with Crippen LogP contribution in [0.5, 0.6) is 0 Å². The molecule has 3 fully saturated rings. The second-order valence-corrected chi connectivity index (χ2v) is 8.32. The fraction of sp³-hybridized carbons (Fsp3) is 0.789. The van der Waals surface area contributed by atoms with Crippen LogP contribution in [0.15, 0.2) is 6.20 Å². The third-order valence-electron chi connectivity index (χ3n) is 6.64. The lowest BCUT2D eigenvalue weighted by Gasteiger charge is -2.51. The van der Waals surface area contributed by atoms with Gasteiger partial charge in [-0.3, -0.25) is 9.69 Å². The van der Waals surface area contributed by atoms with Crippen molar-refractivity contribution in [2.24, 2.45) is 17.3 Å². The molecule has 6 heteroatoms. The molecule has 1 aromatic heterocycles. The van der Waals surface area contributed by atoms with Crippen LogP contribution in [-0.2, 0) is 11.3 Å². The number of nitrogens with zero attached hydrogens (tertiary/aromatic N) is 3. The van der Waals surface area contributed by atoms with E-state index >= 15 is 0 Å². The van der Waals surface area contributed by atoms with E-state index in [1.54, 1.807) is 0 Å². The van der Waals surface area contributed by atoms with Crippen molar-refractivity contribution >= 4 is 5.91 Å². The van der Waals surface area contributed by atoms with Crippen molar-refractivity contribution in [3.8, 4) is 0 Å². The van der Waals surface area contributed by atoms with Crippen LogP contribution in [-0.4, -0.2) is 63.6 Å². The van der Waals surface area contributed by atoms with Gasteiger partial charge < -0.3 is 15.0 Å². The zero-order valence-electron chi connectivity index (χ0n) is 15.2. The molecule has 6 nitrogen and oxygen atoms in total. The van der Waals surface area contributed by atoms with Gasteiger partial charge in [-0.25, -0.2) is 4.98 Å². The van der Waals surface area contributed by atoms with Crippen molar-refractivity contribution in [2.75, 3.05) is 32.8 Å². The molecule has 1 atom stereocenters. The van der Waals surface area contributed by atoms with E-state index < -0.39 is 0 Å². The number of aromatic amines is 1. The van der Waals surface area contributed by atoms with Crippen molar-refractivity contribution in [1.82, 2.24) is 19.8 Å². The number of piperidine rings is 2. The third-order valence-corrected chi connectivity index (χ3v) is 6.64. The Kier molecular flexibility index (Phi) is 4.58. The lowest BCUT2D eigenvalue weighted by molar-refractivity contribution is -0.137. The van der Waals surface area contributed by atoms with Gasteiger partial charge in [-0.1, -0.05) is 0 Å². The number of carbonyl (C=O) groups excluding carboxylic acids is 1. The first kappa shape index (κ1) is 17.0. The van der Waals surface area contributed by atoms with Crippen LogP contribution in [0.4, 0.5) is 0 Å². The summed E-state index contributed by atoms with van der Waals surface area (Å²) in [6.07, 6.45) is 7.30. The van der Waals surface area contributed by atoms with Gasteiger partial charge in [0.1, 0.15) is 5.82 Å². The van der Waals surface area contributed by atoms with Crippen LogP contribution in [0.25, 0.3) is 0 Å². The average Bonchev–Trinajstić information content (AvgIpc) is 3.40. The highest BCUT2D eigenvalue weighted by Gasteiger charge is 2.46. The van der Waals surface area contributed by atoms with E-state index in [1.165, 1.54) is 0 Å². The maximum Gasteiger partial charge on any atom is 0.225 e. The molecule has 0 aromatic carbocycles. The Bertz CT molecular complexity index is 617. The molecule has 1 amide bonds. The van der Waals surface area contributed by atoms with E-state index in [0.717, 1.165) is 76.3 Å². The molecule has 4 rings (SSSR count). The van der Waals surface area contributed by atoms with Crippen molar-refractivity contribution in [3.05, 3.63) is 17.7 Å². The number of aryl methyl sites for hydroxylation is 1. The first-order valence-electron chi connectivity index (χ1n) is 9.72. The monoisotopic (exact) mass is 346 g/mol. The first-order chi connectivity index (χ1) is 12.1. The zero-order valence-corrected chi connectivity index (χ0v) is 15.2. The van der Waals surface area contributed by atoms with Crippen LogP contribution in [0.3, 0.4) is 0 Å². The molecule has 2 aliphatic heterocycles. The second-order valence-electron chi connectivity index (χ2n) is 8.32. The Balaban J connectivity index is 1.36. The maximum atomic E-state index is 12.3. The third kappa shape index (κ3) is 3.47. The predicted octanol–water partition coefficient (Wildman–Crippen LogP) is 1.55. The molecule has 25 heavy (non-hydrogen) atoms. The topological polar surface area (TPSA) is 72.5 Å². The molecule has 2 saturated heterocycles. The van der Waals surface area contributed by atoms with Crippen molar-refractivity contribution in [3.63, 3.8) is 0 Å². The zero-order chi connectivity index (χ0) is 17.4. The Morgan fingerprint density at radius 2 is 2.04 bits per heavy atom. The highest BCUT2D eigenvalue weighted by Crippen LogP contribution is 2.46. The summed E-state index contributed by atoms with van der Waals surface area (Å²) >= 11 is 0. The lowest BCUT2D eigenvalue weighted by Crippen LogP contribution is -2.54. The molecule has 1 aromatic rings. The van der Waals surface area contributed by atoms with Crippen molar-refractivity contribution < 1.29 is 9.90 Å². The van der Waals surface area contributed by atoms with Crippen LogP contribution in [0.2, 0.25) is 0 Å². The Hall–Kier alpha value is -1.40. The van der Waals surface area contributed by atoms with Crippen molar-refractivity contribution in [2.45, 2.75) is 45.6 Å². The molecular weight excluding hydrogens is 316 g/mol. The summed E-state index contributed by atoms with van der Waals surface area (Å²) in [5.41, 5.74) is 1.37. The minimum absolute atomic E-state index is 0.218. The Morgan fingerprint density at radius 3 is 2.64 bits per heavy atom. The van der Waals surface area contributed by atoms with Gasteiger partial charge >= 0.3 is 0 Å².